The first-order valence-corrected chi connectivity index (χ1v) is 6.81. The number of nitrogens with zero attached hydrogens (tertiary/aromatic N) is 1. The predicted molar refractivity (Wildman–Crippen MR) is 66.6 cm³/mol. The molecule has 3 heteroatoms. The van der Waals surface area contributed by atoms with E-state index >= 15 is 0 Å². The average molecular weight is 226 g/mol. The summed E-state index contributed by atoms with van der Waals surface area (Å²) in [4.78, 5) is 2.43. The third-order valence-corrected chi connectivity index (χ3v) is 3.74. The van der Waals surface area contributed by atoms with Crippen molar-refractivity contribution in [1.82, 2.24) is 10.2 Å². The van der Waals surface area contributed by atoms with Crippen LogP contribution in [0.2, 0.25) is 0 Å². The van der Waals surface area contributed by atoms with Crippen LogP contribution in [0.25, 0.3) is 0 Å². The first kappa shape index (κ1) is 12.3. The zero-order chi connectivity index (χ0) is 11.2. The second-order valence-corrected chi connectivity index (χ2v) is 5.47. The van der Waals surface area contributed by atoms with E-state index in [1.807, 2.05) is 0 Å². The first-order chi connectivity index (χ1) is 7.84. The molecule has 0 aromatic carbocycles. The van der Waals surface area contributed by atoms with Crippen molar-refractivity contribution >= 4 is 0 Å². The monoisotopic (exact) mass is 226 g/mol. The van der Waals surface area contributed by atoms with E-state index in [-0.39, 0.29) is 0 Å². The highest BCUT2D eigenvalue weighted by Crippen LogP contribution is 2.28. The second kappa shape index (κ2) is 6.58. The molecule has 0 radical (unpaired) electrons. The summed E-state index contributed by atoms with van der Waals surface area (Å²) < 4.78 is 5.59. The first-order valence-electron chi connectivity index (χ1n) is 6.81. The van der Waals surface area contributed by atoms with Crippen LogP contribution in [0, 0.1) is 11.8 Å². The minimum atomic E-state index is 0.889. The Bertz CT molecular complexity index is 186. The Morgan fingerprint density at radius 2 is 1.88 bits per heavy atom. The number of likely N-dealkylation sites (tertiary alicyclic amines) is 1. The lowest BCUT2D eigenvalue weighted by Crippen LogP contribution is -2.35. The third-order valence-electron chi connectivity index (χ3n) is 3.74. The van der Waals surface area contributed by atoms with Gasteiger partial charge in [-0.25, -0.2) is 0 Å². The Morgan fingerprint density at radius 1 is 1.12 bits per heavy atom. The van der Waals surface area contributed by atoms with Gasteiger partial charge in [0.15, 0.2) is 0 Å². The van der Waals surface area contributed by atoms with Crippen molar-refractivity contribution in [2.45, 2.75) is 25.7 Å². The topological polar surface area (TPSA) is 24.5 Å². The molecule has 2 rings (SSSR count). The van der Waals surface area contributed by atoms with Crippen molar-refractivity contribution in [3.05, 3.63) is 0 Å². The molecule has 16 heavy (non-hydrogen) atoms. The molecule has 0 aromatic rings. The molecule has 94 valence electrons. The number of piperidine rings is 1. The van der Waals surface area contributed by atoms with Crippen LogP contribution < -0.4 is 5.32 Å². The highest BCUT2D eigenvalue weighted by molar-refractivity contribution is 4.73. The van der Waals surface area contributed by atoms with Crippen LogP contribution in [-0.2, 0) is 4.74 Å². The van der Waals surface area contributed by atoms with E-state index in [4.69, 9.17) is 4.74 Å². The largest absolute Gasteiger partial charge is 0.380 e. The van der Waals surface area contributed by atoms with E-state index in [1.54, 1.807) is 0 Å². The van der Waals surface area contributed by atoms with E-state index in [2.05, 4.69) is 17.3 Å². The van der Waals surface area contributed by atoms with Crippen molar-refractivity contribution in [2.24, 2.45) is 11.8 Å². The molecule has 0 unspecified atom stereocenters. The molecule has 1 saturated carbocycles. The Balaban J connectivity index is 1.39. The van der Waals surface area contributed by atoms with Crippen LogP contribution >= 0.6 is 0 Å². The number of hydrogen-bond acceptors (Lipinski definition) is 3. The maximum absolute atomic E-state index is 5.59. The van der Waals surface area contributed by atoms with Crippen LogP contribution in [0.1, 0.15) is 25.7 Å². The van der Waals surface area contributed by atoms with Gasteiger partial charge in [0.1, 0.15) is 0 Å². The quantitative estimate of drug-likeness (QED) is 0.663. The number of hydrogen-bond donors (Lipinski definition) is 1. The summed E-state index contributed by atoms with van der Waals surface area (Å²) in [5.74, 6) is 1.79. The Morgan fingerprint density at radius 3 is 2.56 bits per heavy atom. The summed E-state index contributed by atoms with van der Waals surface area (Å²) in [5, 5.41) is 3.52. The maximum Gasteiger partial charge on any atom is 0.0591 e. The van der Waals surface area contributed by atoms with E-state index in [0.717, 1.165) is 31.6 Å². The molecule has 3 nitrogen and oxygen atoms in total. The predicted octanol–water partition coefficient (Wildman–Crippen LogP) is 1.34. The van der Waals surface area contributed by atoms with Gasteiger partial charge in [0.05, 0.1) is 6.61 Å². The summed E-state index contributed by atoms with van der Waals surface area (Å²) in [6.07, 6.45) is 5.49. The average Bonchev–Trinajstić information content (AvgIpc) is 3.10. The normalized spacial score (nSPS) is 23.8. The molecule has 0 atom stereocenters. The lowest BCUT2D eigenvalue weighted by atomic mass is 9.97. The van der Waals surface area contributed by atoms with Crippen molar-refractivity contribution < 1.29 is 4.74 Å². The summed E-state index contributed by atoms with van der Waals surface area (Å²) >= 11 is 0. The Kier molecular flexibility index (Phi) is 5.07. The van der Waals surface area contributed by atoms with Crippen molar-refractivity contribution in [1.29, 1.82) is 0 Å². The molecule has 0 amide bonds. The molecule has 0 aromatic heterocycles. The van der Waals surface area contributed by atoms with Gasteiger partial charge >= 0.3 is 0 Å². The number of rotatable bonds is 7. The van der Waals surface area contributed by atoms with Gasteiger partial charge in [-0.1, -0.05) is 0 Å². The highest BCUT2D eigenvalue weighted by Gasteiger charge is 2.21. The summed E-state index contributed by atoms with van der Waals surface area (Å²) in [6, 6.07) is 0. The van der Waals surface area contributed by atoms with Gasteiger partial charge in [0, 0.05) is 13.2 Å². The maximum atomic E-state index is 5.59. The fourth-order valence-corrected chi connectivity index (χ4v) is 2.25. The molecular weight excluding hydrogens is 200 g/mol. The van der Waals surface area contributed by atoms with Crippen molar-refractivity contribution in [3.63, 3.8) is 0 Å². The summed E-state index contributed by atoms with van der Waals surface area (Å²) in [7, 11) is 2.22. The van der Waals surface area contributed by atoms with Gasteiger partial charge in [0.2, 0.25) is 0 Å². The standard InChI is InChI=1S/C13H26N2O/c1-15-7-4-12(5-8-15)10-14-6-9-16-11-13-2-3-13/h12-14H,2-11H2,1H3. The molecular formula is C13H26N2O. The van der Waals surface area contributed by atoms with Crippen LogP contribution in [0.3, 0.4) is 0 Å². The molecule has 0 spiro atoms. The summed E-state index contributed by atoms with van der Waals surface area (Å²) in [6.45, 7) is 6.63. The Labute approximate surface area is 99.5 Å². The van der Waals surface area contributed by atoms with Crippen molar-refractivity contribution in [2.75, 3.05) is 46.4 Å². The zero-order valence-corrected chi connectivity index (χ0v) is 10.6. The van der Waals surface area contributed by atoms with Crippen LogP contribution in [0.4, 0.5) is 0 Å². The molecule has 1 heterocycles. The molecule has 1 aliphatic heterocycles. The number of nitrogens with one attached hydrogen (secondary N) is 1. The Hall–Kier alpha value is -0.120. The molecule has 0 bridgehead atoms. The van der Waals surface area contributed by atoms with Crippen LogP contribution in [0.5, 0.6) is 0 Å². The lowest BCUT2D eigenvalue weighted by Gasteiger charge is -2.29. The van der Waals surface area contributed by atoms with Crippen LogP contribution in [0.15, 0.2) is 0 Å². The number of ether oxygens (including phenoxy) is 1. The fourth-order valence-electron chi connectivity index (χ4n) is 2.25. The fraction of sp³-hybridized carbons (Fsp3) is 1.00. The van der Waals surface area contributed by atoms with Crippen LogP contribution in [-0.4, -0.2) is 51.3 Å². The van der Waals surface area contributed by atoms with Gasteiger partial charge < -0.3 is 15.0 Å². The smallest absolute Gasteiger partial charge is 0.0591 e. The van der Waals surface area contributed by atoms with Gasteiger partial charge in [-0.15, -0.1) is 0 Å². The SMILES string of the molecule is CN1CCC(CNCCOCC2CC2)CC1. The molecule has 1 saturated heterocycles. The summed E-state index contributed by atoms with van der Waals surface area (Å²) in [5.41, 5.74) is 0. The van der Waals surface area contributed by atoms with Gasteiger partial charge in [-0.2, -0.15) is 0 Å². The van der Waals surface area contributed by atoms with E-state index < -0.39 is 0 Å². The third kappa shape index (κ3) is 4.81. The highest BCUT2D eigenvalue weighted by atomic mass is 16.5. The molecule has 2 aliphatic rings. The van der Waals surface area contributed by atoms with E-state index in [9.17, 15) is 0 Å². The molecule has 1 aliphatic carbocycles. The minimum Gasteiger partial charge on any atom is -0.380 e. The van der Waals surface area contributed by atoms with Gasteiger partial charge in [-0.3, -0.25) is 0 Å². The zero-order valence-electron chi connectivity index (χ0n) is 10.6. The van der Waals surface area contributed by atoms with Gasteiger partial charge in [-0.05, 0) is 64.2 Å². The lowest BCUT2D eigenvalue weighted by molar-refractivity contribution is 0.124. The molecule has 1 N–H and O–H groups in total. The minimum absolute atomic E-state index is 0.889. The second-order valence-electron chi connectivity index (χ2n) is 5.47. The van der Waals surface area contributed by atoms with E-state index in [1.165, 1.54) is 45.3 Å². The van der Waals surface area contributed by atoms with E-state index in [0.29, 0.717) is 0 Å². The van der Waals surface area contributed by atoms with Crippen molar-refractivity contribution in [3.8, 4) is 0 Å². The molecule has 2 fully saturated rings. The van der Waals surface area contributed by atoms with Gasteiger partial charge in [0.25, 0.3) is 0 Å².